The first-order chi connectivity index (χ1) is 28.1. The largest absolute Gasteiger partial charge is 0.207 e. The Morgan fingerprint density at radius 2 is 0.583 bits per heavy atom. The second-order valence-corrected chi connectivity index (χ2v) is 12.2. The van der Waals surface area contributed by atoms with Crippen molar-refractivity contribution in [1.29, 1.82) is 5.26 Å². The molecule has 5 aromatic carbocycles. The first kappa shape index (κ1) is 44.5. The quantitative estimate of drug-likeness (QED) is 0.0554. The van der Waals surface area contributed by atoms with Crippen LogP contribution in [0.5, 0.6) is 0 Å². The van der Waals surface area contributed by atoms with E-state index in [2.05, 4.69) is 22.8 Å². The SMILES string of the molecule is Fc1c(F)c(F)c([B-](c2c(F)c(F)c(F)c(F)c2F)(c2c(F)c(F)c(F)c(F)c2F)c2c(F)c(F)c(F)c(F)c2F)c(F)c1F.N#Cc1cc[n+](Cc2ccccc2)cc1. The number of nitrogens with zero attached hydrogens (tertiary/aromatic N) is 2. The molecule has 0 unspecified atom stereocenters. The summed E-state index contributed by atoms with van der Waals surface area (Å²) in [5.41, 5.74) is -12.4. The molecule has 0 aliphatic carbocycles. The second kappa shape index (κ2) is 16.6. The fraction of sp³-hybridized carbons (Fsp3) is 0.0270. The highest BCUT2D eigenvalue weighted by Crippen LogP contribution is 2.30. The van der Waals surface area contributed by atoms with Crippen LogP contribution < -0.4 is 26.4 Å². The standard InChI is InChI=1S/C24BF20.C13H11N2/c26-5-1(6(27)14(35)21(42)13(5)34)25(2-7(28)15(36)22(43)16(37)8(2)29,3-9(30)17(38)23(44)18(39)10(3)31)4-11(32)19(40)24(45)20(41)12(4)33;14-10-12-6-8-15(9-7-12)11-13-4-2-1-3-5-13/h;1-9H,11H2/q-1;+1. The molecule has 0 aliphatic rings. The van der Waals surface area contributed by atoms with Crippen LogP contribution in [0.2, 0.25) is 0 Å². The van der Waals surface area contributed by atoms with Crippen LogP contribution in [0.3, 0.4) is 0 Å². The zero-order valence-corrected chi connectivity index (χ0v) is 28.4. The number of hydrogen-bond donors (Lipinski definition) is 0. The summed E-state index contributed by atoms with van der Waals surface area (Å²) < 4.78 is 296. The summed E-state index contributed by atoms with van der Waals surface area (Å²) in [4.78, 5) is 0. The van der Waals surface area contributed by atoms with E-state index in [1.165, 1.54) is 5.56 Å². The maximum atomic E-state index is 15.4. The van der Waals surface area contributed by atoms with E-state index in [0.717, 1.165) is 6.54 Å². The van der Waals surface area contributed by atoms with Crippen molar-refractivity contribution in [3.63, 3.8) is 0 Å². The summed E-state index contributed by atoms with van der Waals surface area (Å²) >= 11 is 0. The van der Waals surface area contributed by atoms with Gasteiger partial charge in [-0.25, -0.2) is 92.4 Å². The maximum absolute atomic E-state index is 15.4. The number of rotatable bonds is 6. The van der Waals surface area contributed by atoms with Gasteiger partial charge in [0.1, 0.15) is 52.7 Å². The molecule has 0 aliphatic heterocycles. The molecule has 60 heavy (non-hydrogen) atoms. The molecule has 312 valence electrons. The topological polar surface area (TPSA) is 27.7 Å². The Labute approximate surface area is 320 Å². The van der Waals surface area contributed by atoms with Gasteiger partial charge in [0, 0.05) is 17.7 Å². The monoisotopic (exact) mass is 874 g/mol. The molecule has 23 heteroatoms. The van der Waals surface area contributed by atoms with Crippen LogP contribution in [-0.4, -0.2) is 6.15 Å². The Balaban J connectivity index is 0.000000379. The Bertz CT molecular complexity index is 2360. The zero-order valence-electron chi connectivity index (χ0n) is 28.4. The Hall–Kier alpha value is -6.60. The highest BCUT2D eigenvalue weighted by atomic mass is 19.2. The molecule has 6 aromatic rings. The molecule has 0 radical (unpaired) electrons. The third kappa shape index (κ3) is 6.92. The molecule has 6 rings (SSSR count). The van der Waals surface area contributed by atoms with Gasteiger partial charge in [0.05, 0.1) is 11.6 Å². The van der Waals surface area contributed by atoms with Crippen LogP contribution in [-0.2, 0) is 6.54 Å². The molecular formula is C37H11BF20N2. The van der Waals surface area contributed by atoms with Crippen molar-refractivity contribution in [1.82, 2.24) is 0 Å². The summed E-state index contributed by atoms with van der Waals surface area (Å²) in [6, 6.07) is 16.0. The Morgan fingerprint density at radius 3 is 0.817 bits per heavy atom. The van der Waals surface area contributed by atoms with E-state index in [4.69, 9.17) is 5.26 Å². The second-order valence-electron chi connectivity index (χ2n) is 12.2. The minimum absolute atomic E-state index is 0.694. The molecule has 0 fully saturated rings. The van der Waals surface area contributed by atoms with Crippen molar-refractivity contribution in [3.05, 3.63) is 182 Å². The van der Waals surface area contributed by atoms with Gasteiger partial charge in [-0.1, -0.05) is 30.3 Å². The van der Waals surface area contributed by atoms with E-state index in [9.17, 15) is 52.7 Å². The van der Waals surface area contributed by atoms with Crippen LogP contribution >= 0.6 is 0 Å². The minimum Gasteiger partial charge on any atom is -0.207 e. The highest BCUT2D eigenvalue weighted by molar-refractivity contribution is 7.20. The molecule has 0 spiro atoms. The van der Waals surface area contributed by atoms with E-state index < -0.39 is 144 Å². The maximum Gasteiger partial charge on any atom is 0.200 e. The lowest BCUT2D eigenvalue weighted by atomic mass is 9.12. The number of halogens is 20. The van der Waals surface area contributed by atoms with Crippen LogP contribution in [0, 0.1) is 128 Å². The molecule has 0 bridgehead atoms. The number of aromatic nitrogens is 1. The fourth-order valence-electron chi connectivity index (χ4n) is 6.31. The van der Waals surface area contributed by atoms with Crippen molar-refractivity contribution in [2.24, 2.45) is 0 Å². The number of hydrogen-bond acceptors (Lipinski definition) is 1. The summed E-state index contributed by atoms with van der Waals surface area (Å²) in [7, 11) is 0. The molecule has 2 nitrogen and oxygen atoms in total. The first-order valence-electron chi connectivity index (χ1n) is 15.7. The van der Waals surface area contributed by atoms with Gasteiger partial charge in [-0.05, 0) is 0 Å². The molecule has 0 atom stereocenters. The predicted molar refractivity (Wildman–Crippen MR) is 166 cm³/mol. The van der Waals surface area contributed by atoms with Crippen LogP contribution in [0.4, 0.5) is 87.8 Å². The average Bonchev–Trinajstić information content (AvgIpc) is 3.24. The molecule has 0 N–H and O–H groups in total. The van der Waals surface area contributed by atoms with Gasteiger partial charge in [-0.15, -0.1) is 21.9 Å². The molecule has 0 saturated heterocycles. The van der Waals surface area contributed by atoms with Crippen molar-refractivity contribution in [3.8, 4) is 6.07 Å². The van der Waals surface area contributed by atoms with Gasteiger partial charge in [0.2, 0.25) is 0 Å². The van der Waals surface area contributed by atoms with Gasteiger partial charge in [0.15, 0.2) is 88.7 Å². The summed E-state index contributed by atoms with van der Waals surface area (Å²) in [6.07, 6.45) is -3.37. The van der Waals surface area contributed by atoms with Crippen molar-refractivity contribution in [2.75, 3.05) is 0 Å². The lowest BCUT2D eigenvalue weighted by Crippen LogP contribution is -2.81. The summed E-state index contributed by atoms with van der Waals surface area (Å²) in [6.45, 7) is 0.840. The van der Waals surface area contributed by atoms with Crippen molar-refractivity contribution < 1.29 is 92.4 Å². The normalized spacial score (nSPS) is 11.4. The Kier molecular flexibility index (Phi) is 12.3. The number of benzene rings is 5. The molecule has 1 heterocycles. The lowest BCUT2D eigenvalue weighted by molar-refractivity contribution is -0.688. The van der Waals surface area contributed by atoms with Crippen LogP contribution in [0.15, 0.2) is 54.9 Å². The third-order valence-electron chi connectivity index (χ3n) is 8.94. The predicted octanol–water partition coefficient (Wildman–Crippen LogP) is 7.74. The number of pyridine rings is 1. The van der Waals surface area contributed by atoms with Gasteiger partial charge >= 0.3 is 0 Å². The smallest absolute Gasteiger partial charge is 0.200 e. The van der Waals surface area contributed by atoms with E-state index in [1.807, 2.05) is 42.7 Å². The van der Waals surface area contributed by atoms with E-state index in [1.54, 1.807) is 0 Å². The van der Waals surface area contributed by atoms with Gasteiger partial charge in [-0.2, -0.15) is 5.26 Å². The third-order valence-corrected chi connectivity index (χ3v) is 8.94. The average molecular weight is 874 g/mol. The fourth-order valence-corrected chi connectivity index (χ4v) is 6.31. The van der Waals surface area contributed by atoms with E-state index in [0.29, 0.717) is 5.56 Å². The highest BCUT2D eigenvalue weighted by Gasteiger charge is 2.52. The first-order valence-corrected chi connectivity index (χ1v) is 15.7. The molecule has 1 aromatic heterocycles. The molecular weight excluding hydrogens is 863 g/mol. The lowest BCUT2D eigenvalue weighted by Gasteiger charge is -2.44. The molecule has 0 amide bonds. The van der Waals surface area contributed by atoms with Crippen LogP contribution in [0.1, 0.15) is 11.1 Å². The van der Waals surface area contributed by atoms with Gasteiger partial charge in [0.25, 0.3) is 0 Å². The van der Waals surface area contributed by atoms with Crippen LogP contribution in [0.25, 0.3) is 0 Å². The zero-order chi connectivity index (χ0) is 44.9. The summed E-state index contributed by atoms with van der Waals surface area (Å²) in [5, 5.41) is 8.66. The number of nitriles is 1. The minimum atomic E-state index is -7.22. The summed E-state index contributed by atoms with van der Waals surface area (Å²) in [5.74, 6) is -71.4. The van der Waals surface area contributed by atoms with Gasteiger partial charge < -0.3 is 0 Å². The molecule has 0 saturated carbocycles. The van der Waals surface area contributed by atoms with E-state index in [-0.39, 0.29) is 0 Å². The van der Waals surface area contributed by atoms with Crippen molar-refractivity contribution in [2.45, 2.75) is 6.54 Å². The van der Waals surface area contributed by atoms with E-state index >= 15 is 35.1 Å². The Morgan fingerprint density at radius 1 is 0.350 bits per heavy atom. The van der Waals surface area contributed by atoms with Crippen molar-refractivity contribution >= 4 is 28.0 Å². The van der Waals surface area contributed by atoms with Gasteiger partial charge in [-0.3, -0.25) is 0 Å².